The van der Waals surface area contributed by atoms with Gasteiger partial charge in [-0.15, -0.1) is 0 Å². The van der Waals surface area contributed by atoms with Crippen LogP contribution >= 0.6 is 0 Å². The predicted octanol–water partition coefficient (Wildman–Crippen LogP) is 2.84. The second kappa shape index (κ2) is 4.06. The van der Waals surface area contributed by atoms with Crippen molar-refractivity contribution in [1.29, 1.82) is 0 Å². The van der Waals surface area contributed by atoms with Crippen LogP contribution in [0.5, 0.6) is 0 Å². The Morgan fingerprint density at radius 2 is 2.19 bits per heavy atom. The van der Waals surface area contributed by atoms with Crippen LogP contribution in [0.1, 0.15) is 24.4 Å². The zero-order chi connectivity index (χ0) is 11.7. The van der Waals surface area contributed by atoms with Gasteiger partial charge in [0.2, 0.25) is 0 Å². The molecule has 0 aliphatic carbocycles. The number of aryl methyl sites for hydroxylation is 1. The van der Waals surface area contributed by atoms with Crippen molar-refractivity contribution in [1.82, 2.24) is 5.16 Å². The maximum atomic E-state index is 13.6. The smallest absolute Gasteiger partial charge is 0.165 e. The molecule has 1 N–H and O–H groups in total. The molecule has 1 heterocycles. The van der Waals surface area contributed by atoms with E-state index in [2.05, 4.69) is 5.16 Å². The molecule has 2 rings (SSSR count). The standard InChI is InChI=1S/C12H12FNO2/c1-7-4-3-5-9(13)12(7)10-6-11(8(2)15)16-14-10/h3-6,8,15H,1-2H3. The maximum absolute atomic E-state index is 13.6. The molecule has 84 valence electrons. The van der Waals surface area contributed by atoms with E-state index in [0.717, 1.165) is 5.56 Å². The third-order valence-electron chi connectivity index (χ3n) is 2.42. The van der Waals surface area contributed by atoms with E-state index in [1.807, 2.05) is 0 Å². The Bertz CT molecular complexity index is 485. The van der Waals surface area contributed by atoms with Gasteiger partial charge in [0.05, 0.1) is 0 Å². The lowest BCUT2D eigenvalue weighted by atomic mass is 10.0. The van der Waals surface area contributed by atoms with Gasteiger partial charge in [0.25, 0.3) is 0 Å². The Labute approximate surface area is 92.5 Å². The number of halogens is 1. The topological polar surface area (TPSA) is 46.3 Å². The van der Waals surface area contributed by atoms with Crippen molar-refractivity contribution < 1.29 is 14.0 Å². The molecular weight excluding hydrogens is 209 g/mol. The summed E-state index contributed by atoms with van der Waals surface area (Å²) in [5.41, 5.74) is 1.61. The molecule has 4 heteroatoms. The van der Waals surface area contributed by atoms with Crippen molar-refractivity contribution in [3.63, 3.8) is 0 Å². The van der Waals surface area contributed by atoms with Crippen LogP contribution < -0.4 is 0 Å². The lowest BCUT2D eigenvalue weighted by molar-refractivity contribution is 0.158. The Hall–Kier alpha value is -1.68. The first-order valence-electron chi connectivity index (χ1n) is 4.99. The summed E-state index contributed by atoms with van der Waals surface area (Å²) in [6.07, 6.45) is -0.742. The van der Waals surface area contributed by atoms with Gasteiger partial charge in [-0.1, -0.05) is 17.3 Å². The van der Waals surface area contributed by atoms with E-state index in [1.54, 1.807) is 32.0 Å². The lowest BCUT2D eigenvalue weighted by Crippen LogP contribution is -1.88. The molecular formula is C12H12FNO2. The molecule has 1 aromatic carbocycles. The van der Waals surface area contributed by atoms with Crippen LogP contribution in [0.3, 0.4) is 0 Å². The summed E-state index contributed by atoms with van der Waals surface area (Å²) in [6.45, 7) is 3.37. The highest BCUT2D eigenvalue weighted by Gasteiger charge is 2.15. The summed E-state index contributed by atoms with van der Waals surface area (Å²) < 4.78 is 18.5. The summed E-state index contributed by atoms with van der Waals surface area (Å²) in [5, 5.41) is 13.0. The maximum Gasteiger partial charge on any atom is 0.165 e. The largest absolute Gasteiger partial charge is 0.385 e. The summed E-state index contributed by atoms with van der Waals surface area (Å²) in [7, 11) is 0. The number of aromatic nitrogens is 1. The van der Waals surface area contributed by atoms with E-state index < -0.39 is 6.10 Å². The third-order valence-corrected chi connectivity index (χ3v) is 2.42. The molecule has 1 aromatic heterocycles. The average Bonchev–Trinajstić information content (AvgIpc) is 2.66. The van der Waals surface area contributed by atoms with Crippen LogP contribution in [0.15, 0.2) is 28.8 Å². The van der Waals surface area contributed by atoms with Crippen molar-refractivity contribution in [3.05, 3.63) is 41.4 Å². The number of rotatable bonds is 2. The zero-order valence-electron chi connectivity index (χ0n) is 9.07. The SMILES string of the molecule is Cc1cccc(F)c1-c1cc(C(C)O)on1. The lowest BCUT2D eigenvalue weighted by Gasteiger charge is -2.02. The van der Waals surface area contributed by atoms with Crippen LogP contribution in [0, 0.1) is 12.7 Å². The molecule has 16 heavy (non-hydrogen) atoms. The number of nitrogens with zero attached hydrogens (tertiary/aromatic N) is 1. The molecule has 0 spiro atoms. The van der Waals surface area contributed by atoms with Crippen molar-refractivity contribution >= 4 is 0 Å². The quantitative estimate of drug-likeness (QED) is 0.848. The highest BCUT2D eigenvalue weighted by molar-refractivity contribution is 5.63. The molecule has 3 nitrogen and oxygen atoms in total. The summed E-state index contributed by atoms with van der Waals surface area (Å²) in [5.74, 6) is -0.0110. The van der Waals surface area contributed by atoms with Crippen LogP contribution in [-0.4, -0.2) is 10.3 Å². The van der Waals surface area contributed by atoms with E-state index in [9.17, 15) is 9.50 Å². The minimum Gasteiger partial charge on any atom is -0.385 e. The first kappa shape index (κ1) is 10.8. The molecule has 0 saturated carbocycles. The summed E-state index contributed by atoms with van der Waals surface area (Å²) >= 11 is 0. The second-order valence-corrected chi connectivity index (χ2v) is 3.72. The number of aliphatic hydroxyl groups is 1. The first-order valence-corrected chi connectivity index (χ1v) is 4.99. The van der Waals surface area contributed by atoms with E-state index >= 15 is 0 Å². The van der Waals surface area contributed by atoms with Gasteiger partial charge in [0, 0.05) is 11.6 Å². The Kier molecular flexibility index (Phi) is 2.75. The predicted molar refractivity (Wildman–Crippen MR) is 57.3 cm³/mol. The molecule has 0 aliphatic rings. The monoisotopic (exact) mass is 221 g/mol. The minimum absolute atomic E-state index is 0.331. The molecule has 2 aromatic rings. The van der Waals surface area contributed by atoms with Gasteiger partial charge in [-0.05, 0) is 25.5 Å². The van der Waals surface area contributed by atoms with Gasteiger partial charge in [-0.3, -0.25) is 0 Å². The van der Waals surface area contributed by atoms with Crippen LogP contribution in [0.4, 0.5) is 4.39 Å². The fourth-order valence-electron chi connectivity index (χ4n) is 1.56. The number of hydrogen-bond donors (Lipinski definition) is 1. The van der Waals surface area contributed by atoms with E-state index in [-0.39, 0.29) is 5.82 Å². The van der Waals surface area contributed by atoms with Crippen molar-refractivity contribution in [2.75, 3.05) is 0 Å². The van der Waals surface area contributed by atoms with Gasteiger partial charge >= 0.3 is 0 Å². The van der Waals surface area contributed by atoms with Crippen LogP contribution in [0.25, 0.3) is 11.3 Å². The second-order valence-electron chi connectivity index (χ2n) is 3.72. The van der Waals surface area contributed by atoms with Crippen molar-refractivity contribution in [2.24, 2.45) is 0 Å². The highest BCUT2D eigenvalue weighted by atomic mass is 19.1. The Morgan fingerprint density at radius 3 is 2.75 bits per heavy atom. The fourth-order valence-corrected chi connectivity index (χ4v) is 1.56. The van der Waals surface area contributed by atoms with Gasteiger partial charge in [-0.25, -0.2) is 4.39 Å². The highest BCUT2D eigenvalue weighted by Crippen LogP contribution is 2.27. The van der Waals surface area contributed by atoms with E-state index in [0.29, 0.717) is 17.0 Å². The van der Waals surface area contributed by atoms with E-state index in [4.69, 9.17) is 4.52 Å². The Morgan fingerprint density at radius 1 is 1.44 bits per heavy atom. The Balaban J connectivity index is 2.50. The van der Waals surface area contributed by atoms with E-state index in [1.165, 1.54) is 6.07 Å². The molecule has 0 fully saturated rings. The van der Waals surface area contributed by atoms with Crippen LogP contribution in [0.2, 0.25) is 0 Å². The molecule has 0 bridgehead atoms. The van der Waals surface area contributed by atoms with Gasteiger partial charge < -0.3 is 9.63 Å². The minimum atomic E-state index is -0.742. The zero-order valence-corrected chi connectivity index (χ0v) is 9.07. The van der Waals surface area contributed by atoms with Gasteiger partial charge in [0.1, 0.15) is 17.6 Å². The summed E-state index contributed by atoms with van der Waals surface area (Å²) in [4.78, 5) is 0. The molecule has 0 radical (unpaired) electrons. The number of hydrogen-bond acceptors (Lipinski definition) is 3. The first-order chi connectivity index (χ1) is 7.59. The molecule has 0 saturated heterocycles. The third kappa shape index (κ3) is 1.84. The number of benzene rings is 1. The molecule has 0 aliphatic heterocycles. The molecule has 0 amide bonds. The van der Waals surface area contributed by atoms with Crippen molar-refractivity contribution in [2.45, 2.75) is 20.0 Å². The molecule has 1 atom stereocenters. The van der Waals surface area contributed by atoms with Gasteiger partial charge in [0.15, 0.2) is 5.76 Å². The fraction of sp³-hybridized carbons (Fsp3) is 0.250. The van der Waals surface area contributed by atoms with Crippen molar-refractivity contribution in [3.8, 4) is 11.3 Å². The molecule has 1 unspecified atom stereocenters. The average molecular weight is 221 g/mol. The summed E-state index contributed by atoms with van der Waals surface area (Å²) in [6, 6.07) is 6.37. The number of aliphatic hydroxyl groups excluding tert-OH is 1. The van der Waals surface area contributed by atoms with Crippen LogP contribution in [-0.2, 0) is 0 Å². The normalized spacial score (nSPS) is 12.8. The van der Waals surface area contributed by atoms with Gasteiger partial charge in [-0.2, -0.15) is 0 Å².